The van der Waals surface area contributed by atoms with Crippen molar-refractivity contribution < 1.29 is 0 Å². The second-order valence-electron chi connectivity index (χ2n) is 4.80. The smallest absolute Gasteiger partial charge is 0.0547 e. The minimum absolute atomic E-state index is 0.538. The monoisotopic (exact) mass is 256 g/mol. The molecule has 0 saturated heterocycles. The van der Waals surface area contributed by atoms with Gasteiger partial charge in [-0.1, -0.05) is 12.1 Å². The highest BCUT2D eigenvalue weighted by Gasteiger charge is 2.04. The Morgan fingerprint density at radius 3 is 2.53 bits per heavy atom. The largest absolute Gasteiger partial charge is 0.326 e. The molecule has 100 valence electrons. The summed E-state index contributed by atoms with van der Waals surface area (Å²) in [5.74, 6) is 0. The number of nitrogens with zero attached hydrogens (tertiary/aromatic N) is 3. The van der Waals surface area contributed by atoms with Crippen molar-refractivity contribution in [3.05, 3.63) is 59.2 Å². The van der Waals surface area contributed by atoms with Crippen LogP contribution < -0.4 is 5.73 Å². The predicted octanol–water partition coefficient (Wildman–Crippen LogP) is 1.88. The Kier molecular flexibility index (Phi) is 4.60. The molecule has 4 nitrogen and oxygen atoms in total. The van der Waals surface area contributed by atoms with E-state index < -0.39 is 0 Å². The van der Waals surface area contributed by atoms with Crippen LogP contribution in [0.1, 0.15) is 22.6 Å². The fourth-order valence-corrected chi connectivity index (χ4v) is 1.97. The van der Waals surface area contributed by atoms with Gasteiger partial charge in [-0.05, 0) is 37.7 Å². The van der Waals surface area contributed by atoms with Gasteiger partial charge in [0.2, 0.25) is 0 Å². The molecule has 0 aliphatic heterocycles. The Morgan fingerprint density at radius 2 is 1.89 bits per heavy atom. The highest BCUT2D eigenvalue weighted by atomic mass is 15.1. The van der Waals surface area contributed by atoms with Crippen molar-refractivity contribution in [2.45, 2.75) is 26.6 Å². The molecule has 0 aromatic carbocycles. The number of hydrogen-bond donors (Lipinski definition) is 1. The summed E-state index contributed by atoms with van der Waals surface area (Å²) in [6, 6.07) is 10.2. The van der Waals surface area contributed by atoms with Crippen molar-refractivity contribution in [2.24, 2.45) is 5.73 Å². The van der Waals surface area contributed by atoms with Gasteiger partial charge in [-0.25, -0.2) is 0 Å². The molecule has 2 N–H and O–H groups in total. The van der Waals surface area contributed by atoms with Gasteiger partial charge in [0.05, 0.1) is 11.4 Å². The van der Waals surface area contributed by atoms with E-state index in [1.807, 2.05) is 37.4 Å². The number of nitrogens with two attached hydrogens (primary N) is 1. The molecule has 2 heterocycles. The molecule has 0 saturated carbocycles. The molecular formula is C15H20N4. The highest BCUT2D eigenvalue weighted by Crippen LogP contribution is 2.06. The van der Waals surface area contributed by atoms with E-state index in [-0.39, 0.29) is 0 Å². The summed E-state index contributed by atoms with van der Waals surface area (Å²) in [5, 5.41) is 0. The van der Waals surface area contributed by atoms with E-state index in [0.717, 1.165) is 35.7 Å². The normalized spacial score (nSPS) is 10.9. The van der Waals surface area contributed by atoms with Crippen LogP contribution in [0.25, 0.3) is 0 Å². The molecule has 2 aromatic rings. The minimum atomic E-state index is 0.538. The van der Waals surface area contributed by atoms with Crippen molar-refractivity contribution in [3.63, 3.8) is 0 Å². The Bertz CT molecular complexity index is 522. The first-order chi connectivity index (χ1) is 9.17. The zero-order valence-electron chi connectivity index (χ0n) is 11.5. The fourth-order valence-electron chi connectivity index (χ4n) is 1.97. The molecule has 0 unspecified atom stereocenters. The summed E-state index contributed by atoms with van der Waals surface area (Å²) in [4.78, 5) is 11.1. The standard InChI is InChI=1S/C15H20N4/c1-12-4-3-5-15(18-12)11-19(2)10-14-7-6-13(8-16)9-17-14/h3-7,9H,8,10-11,16H2,1-2H3. The summed E-state index contributed by atoms with van der Waals surface area (Å²) < 4.78 is 0. The number of aromatic nitrogens is 2. The van der Waals surface area contributed by atoms with Gasteiger partial charge < -0.3 is 5.73 Å². The fraction of sp³-hybridized carbons (Fsp3) is 0.333. The Morgan fingerprint density at radius 1 is 1.11 bits per heavy atom. The second-order valence-corrected chi connectivity index (χ2v) is 4.80. The average Bonchev–Trinajstić information content (AvgIpc) is 2.39. The van der Waals surface area contributed by atoms with Crippen LogP contribution >= 0.6 is 0 Å². The van der Waals surface area contributed by atoms with Gasteiger partial charge >= 0.3 is 0 Å². The number of hydrogen-bond acceptors (Lipinski definition) is 4. The van der Waals surface area contributed by atoms with E-state index in [4.69, 9.17) is 5.73 Å². The highest BCUT2D eigenvalue weighted by molar-refractivity contribution is 5.14. The maximum atomic E-state index is 5.56. The second kappa shape index (κ2) is 6.41. The summed E-state index contributed by atoms with van der Waals surface area (Å²) >= 11 is 0. The molecule has 0 spiro atoms. The third kappa shape index (κ3) is 4.12. The van der Waals surface area contributed by atoms with E-state index >= 15 is 0 Å². The van der Waals surface area contributed by atoms with Crippen LogP contribution in [0.15, 0.2) is 36.5 Å². The van der Waals surface area contributed by atoms with E-state index in [1.165, 1.54) is 0 Å². The van der Waals surface area contributed by atoms with Gasteiger partial charge in [0.1, 0.15) is 0 Å². The lowest BCUT2D eigenvalue weighted by Gasteiger charge is -2.16. The van der Waals surface area contributed by atoms with Gasteiger partial charge in [0, 0.05) is 31.5 Å². The first kappa shape index (κ1) is 13.6. The van der Waals surface area contributed by atoms with Crippen molar-refractivity contribution in [1.82, 2.24) is 14.9 Å². The molecule has 0 aliphatic carbocycles. The molecule has 2 rings (SSSR count). The Labute approximate surface area is 114 Å². The number of pyridine rings is 2. The zero-order valence-corrected chi connectivity index (χ0v) is 11.5. The van der Waals surface area contributed by atoms with Gasteiger partial charge in [-0.2, -0.15) is 0 Å². The van der Waals surface area contributed by atoms with Crippen LogP contribution in [-0.4, -0.2) is 21.9 Å². The van der Waals surface area contributed by atoms with Crippen LogP contribution in [0.5, 0.6) is 0 Å². The van der Waals surface area contributed by atoms with E-state index in [1.54, 1.807) is 0 Å². The third-order valence-corrected chi connectivity index (χ3v) is 2.93. The summed E-state index contributed by atoms with van der Waals surface area (Å²) in [7, 11) is 2.07. The third-order valence-electron chi connectivity index (χ3n) is 2.93. The molecule has 19 heavy (non-hydrogen) atoms. The molecule has 2 aromatic heterocycles. The van der Waals surface area contributed by atoms with Crippen molar-refractivity contribution in [1.29, 1.82) is 0 Å². The van der Waals surface area contributed by atoms with Gasteiger partial charge in [0.25, 0.3) is 0 Å². The van der Waals surface area contributed by atoms with Crippen LogP contribution in [0.4, 0.5) is 0 Å². The van der Waals surface area contributed by atoms with Crippen molar-refractivity contribution in [2.75, 3.05) is 7.05 Å². The minimum Gasteiger partial charge on any atom is -0.326 e. The Balaban J connectivity index is 1.95. The first-order valence-electron chi connectivity index (χ1n) is 6.42. The lowest BCUT2D eigenvalue weighted by atomic mass is 10.2. The van der Waals surface area contributed by atoms with Crippen LogP contribution in [-0.2, 0) is 19.6 Å². The van der Waals surface area contributed by atoms with Crippen molar-refractivity contribution >= 4 is 0 Å². The molecular weight excluding hydrogens is 236 g/mol. The van der Waals surface area contributed by atoms with Gasteiger partial charge in [-0.3, -0.25) is 14.9 Å². The molecule has 0 atom stereocenters. The number of rotatable bonds is 5. The SMILES string of the molecule is Cc1cccc(CN(C)Cc2ccc(CN)cn2)n1. The molecule has 0 fully saturated rings. The van der Waals surface area contributed by atoms with E-state index in [9.17, 15) is 0 Å². The van der Waals surface area contributed by atoms with E-state index in [0.29, 0.717) is 6.54 Å². The zero-order chi connectivity index (χ0) is 13.7. The lowest BCUT2D eigenvalue weighted by molar-refractivity contribution is 0.311. The van der Waals surface area contributed by atoms with Crippen LogP contribution in [0, 0.1) is 6.92 Å². The predicted molar refractivity (Wildman–Crippen MR) is 76.3 cm³/mol. The van der Waals surface area contributed by atoms with Gasteiger partial charge in [0.15, 0.2) is 0 Å². The number of aryl methyl sites for hydroxylation is 1. The summed E-state index contributed by atoms with van der Waals surface area (Å²) in [6.07, 6.45) is 1.84. The van der Waals surface area contributed by atoms with Crippen LogP contribution in [0.2, 0.25) is 0 Å². The van der Waals surface area contributed by atoms with Crippen LogP contribution in [0.3, 0.4) is 0 Å². The van der Waals surface area contributed by atoms with E-state index in [2.05, 4.69) is 28.0 Å². The summed E-state index contributed by atoms with van der Waals surface area (Å²) in [5.41, 5.74) is 9.81. The summed E-state index contributed by atoms with van der Waals surface area (Å²) in [6.45, 7) is 4.18. The lowest BCUT2D eigenvalue weighted by Crippen LogP contribution is -2.18. The molecule has 0 bridgehead atoms. The van der Waals surface area contributed by atoms with Gasteiger partial charge in [-0.15, -0.1) is 0 Å². The first-order valence-corrected chi connectivity index (χ1v) is 6.42. The van der Waals surface area contributed by atoms with Crippen molar-refractivity contribution in [3.8, 4) is 0 Å². The molecule has 4 heteroatoms. The molecule has 0 amide bonds. The maximum Gasteiger partial charge on any atom is 0.0547 e. The average molecular weight is 256 g/mol. The molecule has 0 radical (unpaired) electrons. The maximum absolute atomic E-state index is 5.56. The quantitative estimate of drug-likeness (QED) is 0.887. The topological polar surface area (TPSA) is 55.0 Å². The Hall–Kier alpha value is -1.78. The molecule has 0 aliphatic rings.